The number of H-pyrrole nitrogens is 1. The molecule has 7 rings (SSSR count). The van der Waals surface area contributed by atoms with Crippen LogP contribution in [-0.2, 0) is 27.1 Å². The van der Waals surface area contributed by atoms with E-state index in [9.17, 15) is 47.0 Å². The van der Waals surface area contributed by atoms with Gasteiger partial charge in [0, 0.05) is 76.5 Å². The fraction of sp³-hybridized carbons (Fsp3) is 0.392. The van der Waals surface area contributed by atoms with Crippen LogP contribution in [0.25, 0.3) is 21.6 Å². The zero-order valence-corrected chi connectivity index (χ0v) is 40.9. The van der Waals surface area contributed by atoms with E-state index in [1.54, 1.807) is 74.0 Å². The largest absolute Gasteiger partial charge is 0.417 e. The van der Waals surface area contributed by atoms with E-state index in [4.69, 9.17) is 0 Å². The predicted molar refractivity (Wildman–Crippen MR) is 265 cm³/mol. The first-order valence-corrected chi connectivity index (χ1v) is 24.2. The van der Waals surface area contributed by atoms with Gasteiger partial charge in [-0.05, 0) is 72.3 Å². The Hall–Kier alpha value is -6.90. The van der Waals surface area contributed by atoms with Crippen LogP contribution < -0.4 is 31.7 Å². The molecular formula is C51H58F3N9O7S. The monoisotopic (exact) mass is 997 g/mol. The lowest BCUT2D eigenvalue weighted by atomic mass is 9.85. The number of aryl methyl sites for hydroxylation is 1. The number of rotatable bonds is 15. The second-order valence-corrected chi connectivity index (χ2v) is 19.8. The lowest BCUT2D eigenvalue weighted by molar-refractivity contribution is -0.144. The number of hydrogen-bond acceptors (Lipinski definition) is 11. The number of nitrogens with zero attached hydrogens (tertiary/aromatic N) is 4. The molecular weight excluding hydrogens is 940 g/mol. The number of hydrogen-bond donors (Lipinski definition) is 6. The quantitative estimate of drug-likeness (QED) is 0.0694. The molecule has 0 spiro atoms. The molecule has 0 bridgehead atoms. The summed E-state index contributed by atoms with van der Waals surface area (Å²) in [7, 11) is 1.98. The minimum Gasteiger partial charge on any atom is -0.391 e. The first-order chi connectivity index (χ1) is 33.7. The van der Waals surface area contributed by atoms with Gasteiger partial charge in [0.05, 0.1) is 44.7 Å². The average Bonchev–Trinajstić information content (AvgIpc) is 3.95. The normalized spacial score (nSPS) is 16.9. The molecule has 2 aliphatic rings. The summed E-state index contributed by atoms with van der Waals surface area (Å²) in [6.45, 7) is 10.3. The summed E-state index contributed by atoms with van der Waals surface area (Å²) in [4.78, 5) is 92.3. The van der Waals surface area contributed by atoms with Crippen LogP contribution in [0.5, 0.6) is 0 Å². The Kier molecular flexibility index (Phi) is 16.1. The lowest BCUT2D eigenvalue weighted by Gasteiger charge is -2.35. The number of nitrogens with one attached hydrogen (secondary N) is 5. The molecule has 0 saturated carbocycles. The molecule has 71 heavy (non-hydrogen) atoms. The van der Waals surface area contributed by atoms with Crippen molar-refractivity contribution >= 4 is 52.2 Å². The van der Waals surface area contributed by atoms with Gasteiger partial charge in [-0.3, -0.25) is 28.8 Å². The van der Waals surface area contributed by atoms with Gasteiger partial charge >= 0.3 is 6.18 Å². The van der Waals surface area contributed by atoms with Crippen LogP contribution >= 0.6 is 11.3 Å². The van der Waals surface area contributed by atoms with E-state index in [0.29, 0.717) is 41.5 Å². The summed E-state index contributed by atoms with van der Waals surface area (Å²) < 4.78 is 41.6. The Balaban J connectivity index is 0.930. The standard InChI is InChI=1S/C51H58F3N9O7S/c1-30-44(71-29-58-30)33-10-8-31(9-11-33)26-57-48(69)41-24-36(64)28-63(41)49(70)45(50(2,3)4)60-42(65)7-6-18-55-46(67)34-14-12-32(13-15-34)35-16-17-40(62-21-19-61(5)20-22-62)39(23-35)59-47(68)37-27-56-43(66)25-38(37)51(52,53)54/h8-17,23,25,27,29,36,41,45,64H,6-7,18-22,24,26,28H2,1-5H3,(H,55,67)(H,56,66)(H,57,69)(H,59,68)(H,60,65). The fourth-order valence-electron chi connectivity index (χ4n) is 8.60. The van der Waals surface area contributed by atoms with Gasteiger partial charge in [-0.25, -0.2) is 4.98 Å². The predicted octanol–water partition coefficient (Wildman–Crippen LogP) is 5.82. The van der Waals surface area contributed by atoms with Crippen molar-refractivity contribution in [2.75, 3.05) is 56.5 Å². The molecule has 3 aromatic carbocycles. The van der Waals surface area contributed by atoms with Crippen LogP contribution in [0.3, 0.4) is 0 Å². The summed E-state index contributed by atoms with van der Waals surface area (Å²) in [5.74, 6) is -2.78. The third-order valence-corrected chi connectivity index (χ3v) is 13.6. The second-order valence-electron chi connectivity index (χ2n) is 19.0. The molecule has 3 atom stereocenters. The Morgan fingerprint density at radius 3 is 2.21 bits per heavy atom. The molecule has 376 valence electrons. The molecule has 2 aliphatic heterocycles. The molecule has 0 aliphatic carbocycles. The summed E-state index contributed by atoms with van der Waals surface area (Å²) in [6.07, 6.45) is -4.84. The number of piperazine rings is 1. The highest BCUT2D eigenvalue weighted by molar-refractivity contribution is 7.13. The number of pyridine rings is 1. The van der Waals surface area contributed by atoms with Crippen LogP contribution in [0, 0.1) is 12.3 Å². The van der Waals surface area contributed by atoms with Crippen molar-refractivity contribution in [3.63, 3.8) is 0 Å². The number of β-amino-alcohol motifs (C(OH)–C–C–N with tert-alkyl or cyclic N) is 1. The van der Waals surface area contributed by atoms with Crippen LogP contribution in [0.2, 0.25) is 0 Å². The molecule has 5 aromatic rings. The van der Waals surface area contributed by atoms with Crippen molar-refractivity contribution in [1.29, 1.82) is 0 Å². The maximum absolute atomic E-state index is 14.1. The van der Waals surface area contributed by atoms with Crippen LogP contribution in [-0.4, -0.2) is 119 Å². The van der Waals surface area contributed by atoms with Gasteiger partial charge in [0.1, 0.15) is 12.1 Å². The van der Waals surface area contributed by atoms with Gasteiger partial charge in [-0.1, -0.05) is 63.2 Å². The maximum atomic E-state index is 14.1. The number of thiazole rings is 1. The Bertz CT molecular complexity index is 2800. The van der Waals surface area contributed by atoms with Gasteiger partial charge in [-0.15, -0.1) is 11.3 Å². The topological polar surface area (TPSA) is 209 Å². The van der Waals surface area contributed by atoms with E-state index >= 15 is 0 Å². The zero-order chi connectivity index (χ0) is 51.2. The Morgan fingerprint density at radius 2 is 1.56 bits per heavy atom. The van der Waals surface area contributed by atoms with E-state index in [1.165, 1.54) is 4.90 Å². The molecule has 2 aromatic heterocycles. The number of halogens is 3. The first kappa shape index (κ1) is 51.9. The molecule has 20 heteroatoms. The van der Waals surface area contributed by atoms with Crippen molar-refractivity contribution < 1.29 is 42.3 Å². The van der Waals surface area contributed by atoms with Crippen molar-refractivity contribution in [2.24, 2.45) is 5.41 Å². The number of carbonyl (C=O) groups excluding carboxylic acids is 5. The highest BCUT2D eigenvalue weighted by atomic mass is 32.1. The number of aromatic nitrogens is 2. The number of carbonyl (C=O) groups is 5. The van der Waals surface area contributed by atoms with E-state index in [1.807, 2.05) is 49.2 Å². The minimum absolute atomic E-state index is 0.0182. The number of alkyl halides is 3. The third-order valence-electron chi connectivity index (χ3n) is 12.6. The molecule has 6 N–H and O–H groups in total. The van der Waals surface area contributed by atoms with Crippen molar-refractivity contribution in [3.05, 3.63) is 123 Å². The molecule has 16 nitrogen and oxygen atoms in total. The number of aromatic amines is 1. The maximum Gasteiger partial charge on any atom is 0.417 e. The van der Waals surface area contributed by atoms with E-state index in [2.05, 4.69) is 36.1 Å². The molecule has 3 unspecified atom stereocenters. The second kappa shape index (κ2) is 22.0. The van der Waals surface area contributed by atoms with Crippen molar-refractivity contribution in [2.45, 2.75) is 77.9 Å². The summed E-state index contributed by atoms with van der Waals surface area (Å²) in [6, 6.07) is 18.0. The van der Waals surface area contributed by atoms with Crippen molar-refractivity contribution in [1.82, 2.24) is 35.7 Å². The Morgan fingerprint density at radius 1 is 0.887 bits per heavy atom. The number of aliphatic hydroxyl groups is 1. The third kappa shape index (κ3) is 12.9. The highest BCUT2D eigenvalue weighted by Gasteiger charge is 2.44. The molecule has 0 radical (unpaired) electrons. The SMILES string of the molecule is Cc1ncsc1-c1ccc(CNC(=O)C2CC(O)CN2C(=O)C(NC(=O)CCCNC(=O)c2ccc(-c3ccc(N4CCN(C)CC4)c(NC(=O)c4c[nH]c(=O)cc4C(F)(F)F)c3)cc2)C(C)(C)C)cc1. The van der Waals surface area contributed by atoms with Gasteiger partial charge < -0.3 is 46.1 Å². The van der Waals surface area contributed by atoms with E-state index < -0.39 is 76.0 Å². The number of likely N-dealkylation sites (tertiary alicyclic amines) is 1. The number of benzene rings is 3. The van der Waals surface area contributed by atoms with E-state index in [-0.39, 0.29) is 44.6 Å². The first-order valence-electron chi connectivity index (χ1n) is 23.3. The fourth-order valence-corrected chi connectivity index (χ4v) is 9.41. The zero-order valence-electron chi connectivity index (χ0n) is 40.1. The smallest absolute Gasteiger partial charge is 0.391 e. The number of anilines is 2. The molecule has 4 heterocycles. The molecule has 2 saturated heterocycles. The van der Waals surface area contributed by atoms with Gasteiger partial charge in [-0.2, -0.15) is 13.2 Å². The van der Waals surface area contributed by atoms with Gasteiger partial charge in [0.2, 0.25) is 23.3 Å². The Labute approximate surface area is 413 Å². The highest BCUT2D eigenvalue weighted by Crippen LogP contribution is 2.35. The van der Waals surface area contributed by atoms with Crippen molar-refractivity contribution in [3.8, 4) is 21.6 Å². The number of amides is 5. The minimum atomic E-state index is -4.95. The van der Waals surface area contributed by atoms with Gasteiger partial charge in [0.25, 0.3) is 11.8 Å². The van der Waals surface area contributed by atoms with E-state index in [0.717, 1.165) is 41.0 Å². The summed E-state index contributed by atoms with van der Waals surface area (Å²) in [5.41, 5.74) is 3.23. The molecule has 5 amide bonds. The van der Waals surface area contributed by atoms with Gasteiger partial charge in [0.15, 0.2) is 0 Å². The lowest BCUT2D eigenvalue weighted by Crippen LogP contribution is -2.57. The average molecular weight is 998 g/mol. The number of likely N-dealkylation sites (N-methyl/N-ethyl adjacent to an activating group) is 1. The van der Waals surface area contributed by atoms with Crippen LogP contribution in [0.15, 0.2) is 89.3 Å². The molecule has 2 fully saturated rings. The number of aliphatic hydroxyl groups excluding tert-OH is 1. The van der Waals surface area contributed by atoms with Crippen LogP contribution in [0.4, 0.5) is 24.5 Å². The summed E-state index contributed by atoms with van der Waals surface area (Å²) in [5, 5.41) is 21.8. The van der Waals surface area contributed by atoms with Crippen LogP contribution in [0.1, 0.15) is 77.6 Å². The summed E-state index contributed by atoms with van der Waals surface area (Å²) >= 11 is 1.55.